The molecule has 0 aliphatic carbocycles. The number of rotatable bonds is 6. The van der Waals surface area contributed by atoms with E-state index >= 15 is 0 Å². The molecule has 0 bridgehead atoms. The van der Waals surface area contributed by atoms with E-state index in [1.807, 2.05) is 31.2 Å². The van der Waals surface area contributed by atoms with Crippen molar-refractivity contribution in [1.82, 2.24) is 9.97 Å². The van der Waals surface area contributed by atoms with E-state index in [9.17, 15) is 4.79 Å². The summed E-state index contributed by atoms with van der Waals surface area (Å²) in [5, 5.41) is 9.14. The predicted molar refractivity (Wildman–Crippen MR) is 78.8 cm³/mol. The van der Waals surface area contributed by atoms with Crippen LogP contribution >= 0.6 is 0 Å². The van der Waals surface area contributed by atoms with Gasteiger partial charge in [-0.3, -0.25) is 0 Å². The Kier molecular flexibility index (Phi) is 4.87. The van der Waals surface area contributed by atoms with Crippen LogP contribution in [-0.4, -0.2) is 28.2 Å². The first-order valence-corrected chi connectivity index (χ1v) is 6.85. The molecular weight excluding hydrogens is 268 g/mol. The van der Waals surface area contributed by atoms with E-state index in [4.69, 9.17) is 9.84 Å². The topological polar surface area (TPSA) is 72.3 Å². The summed E-state index contributed by atoms with van der Waals surface area (Å²) in [6.07, 6.45) is 3.46. The molecule has 2 aromatic rings. The zero-order valence-electron chi connectivity index (χ0n) is 12.2. The number of carbonyl (C=O) groups is 1. The summed E-state index contributed by atoms with van der Waals surface area (Å²) in [6.45, 7) is 2.00. The molecule has 5 nitrogen and oxygen atoms in total. The average molecular weight is 286 g/mol. The lowest BCUT2D eigenvalue weighted by atomic mass is 10.1. The molecule has 5 heteroatoms. The standard InChI is InChI=1S/C16H18N2O3/c1-3-4-14-13(16(19)20)10-17-15(18-14)9-11-5-7-12(21-2)8-6-11/h5-8,10H,3-4,9H2,1-2H3,(H,19,20). The minimum Gasteiger partial charge on any atom is -0.497 e. The zero-order chi connectivity index (χ0) is 15.2. The van der Waals surface area contributed by atoms with Gasteiger partial charge in [-0.15, -0.1) is 0 Å². The largest absolute Gasteiger partial charge is 0.497 e. The molecule has 0 atom stereocenters. The third-order valence-corrected chi connectivity index (χ3v) is 3.16. The summed E-state index contributed by atoms with van der Waals surface area (Å²) in [5.41, 5.74) is 1.85. The molecule has 110 valence electrons. The molecule has 2 rings (SSSR count). The van der Waals surface area contributed by atoms with Crippen molar-refractivity contribution in [1.29, 1.82) is 0 Å². The van der Waals surface area contributed by atoms with Crippen molar-refractivity contribution >= 4 is 5.97 Å². The van der Waals surface area contributed by atoms with Gasteiger partial charge >= 0.3 is 5.97 Å². The fraction of sp³-hybridized carbons (Fsp3) is 0.312. The third-order valence-electron chi connectivity index (χ3n) is 3.16. The number of hydrogen-bond donors (Lipinski definition) is 1. The van der Waals surface area contributed by atoms with Gasteiger partial charge in [0, 0.05) is 12.6 Å². The number of methoxy groups -OCH3 is 1. The van der Waals surface area contributed by atoms with E-state index in [1.165, 1.54) is 6.20 Å². The molecule has 0 aliphatic rings. The number of ether oxygens (including phenoxy) is 1. The van der Waals surface area contributed by atoms with E-state index in [2.05, 4.69) is 9.97 Å². The molecule has 21 heavy (non-hydrogen) atoms. The maximum atomic E-state index is 11.1. The smallest absolute Gasteiger partial charge is 0.339 e. The van der Waals surface area contributed by atoms with Gasteiger partial charge < -0.3 is 9.84 Å². The molecule has 0 saturated heterocycles. The monoisotopic (exact) mass is 286 g/mol. The molecule has 1 aromatic carbocycles. The van der Waals surface area contributed by atoms with Crippen LogP contribution in [0.15, 0.2) is 30.5 Å². The van der Waals surface area contributed by atoms with Crippen LogP contribution in [0.4, 0.5) is 0 Å². The summed E-state index contributed by atoms with van der Waals surface area (Å²) in [6, 6.07) is 7.67. The highest BCUT2D eigenvalue weighted by atomic mass is 16.5. The molecule has 0 fully saturated rings. The van der Waals surface area contributed by atoms with Crippen molar-refractivity contribution < 1.29 is 14.6 Å². The lowest BCUT2D eigenvalue weighted by molar-refractivity contribution is 0.0694. The molecule has 1 heterocycles. The fourth-order valence-electron chi connectivity index (χ4n) is 2.08. The van der Waals surface area contributed by atoms with Crippen molar-refractivity contribution in [3.8, 4) is 5.75 Å². The highest BCUT2D eigenvalue weighted by Gasteiger charge is 2.13. The number of nitrogens with zero attached hydrogens (tertiary/aromatic N) is 2. The minimum absolute atomic E-state index is 0.190. The second kappa shape index (κ2) is 6.83. The Bertz CT molecular complexity index is 624. The predicted octanol–water partition coefficient (Wildman–Crippen LogP) is 2.73. The molecule has 1 aromatic heterocycles. The lowest BCUT2D eigenvalue weighted by Gasteiger charge is -2.07. The Balaban J connectivity index is 2.23. The first-order valence-electron chi connectivity index (χ1n) is 6.85. The Labute approximate surface area is 123 Å². The van der Waals surface area contributed by atoms with Crippen LogP contribution in [0.1, 0.15) is 40.8 Å². The van der Waals surface area contributed by atoms with Crippen LogP contribution in [0.25, 0.3) is 0 Å². The van der Waals surface area contributed by atoms with Crippen LogP contribution in [0, 0.1) is 0 Å². The summed E-state index contributed by atoms with van der Waals surface area (Å²) < 4.78 is 5.12. The lowest BCUT2D eigenvalue weighted by Crippen LogP contribution is -2.09. The van der Waals surface area contributed by atoms with Gasteiger partial charge in [-0.25, -0.2) is 14.8 Å². The molecule has 0 radical (unpaired) electrons. The van der Waals surface area contributed by atoms with Crippen molar-refractivity contribution in [3.63, 3.8) is 0 Å². The van der Waals surface area contributed by atoms with Crippen LogP contribution in [-0.2, 0) is 12.8 Å². The van der Waals surface area contributed by atoms with Crippen molar-refractivity contribution in [2.45, 2.75) is 26.2 Å². The van der Waals surface area contributed by atoms with Crippen molar-refractivity contribution in [2.75, 3.05) is 7.11 Å². The minimum atomic E-state index is -0.977. The number of carboxylic acids is 1. The number of aromatic nitrogens is 2. The Hall–Kier alpha value is -2.43. The molecule has 0 spiro atoms. The Morgan fingerprint density at radius 2 is 2.00 bits per heavy atom. The van der Waals surface area contributed by atoms with Crippen LogP contribution in [0.3, 0.4) is 0 Å². The Morgan fingerprint density at radius 3 is 2.57 bits per heavy atom. The Morgan fingerprint density at radius 1 is 1.29 bits per heavy atom. The SMILES string of the molecule is CCCc1nc(Cc2ccc(OC)cc2)ncc1C(=O)O. The number of benzene rings is 1. The number of aryl methyl sites for hydroxylation is 1. The van der Waals surface area contributed by atoms with Crippen molar-refractivity contribution in [3.05, 3.63) is 53.1 Å². The summed E-state index contributed by atoms with van der Waals surface area (Å²) in [7, 11) is 1.62. The van der Waals surface area contributed by atoms with Gasteiger partial charge in [-0.05, 0) is 24.1 Å². The second-order valence-corrected chi connectivity index (χ2v) is 4.73. The van der Waals surface area contributed by atoms with Gasteiger partial charge in [0.05, 0.1) is 18.4 Å². The molecule has 1 N–H and O–H groups in total. The number of carboxylic acid groups (broad SMARTS) is 1. The number of hydrogen-bond acceptors (Lipinski definition) is 4. The van der Waals surface area contributed by atoms with Gasteiger partial charge in [-0.2, -0.15) is 0 Å². The maximum absolute atomic E-state index is 11.1. The fourth-order valence-corrected chi connectivity index (χ4v) is 2.08. The molecule has 0 saturated carbocycles. The maximum Gasteiger partial charge on any atom is 0.339 e. The normalized spacial score (nSPS) is 10.4. The highest BCUT2D eigenvalue weighted by Crippen LogP contribution is 2.15. The second-order valence-electron chi connectivity index (χ2n) is 4.73. The third kappa shape index (κ3) is 3.78. The van der Waals surface area contributed by atoms with E-state index in [0.29, 0.717) is 24.4 Å². The van der Waals surface area contributed by atoms with Gasteiger partial charge in [-0.1, -0.05) is 25.5 Å². The van der Waals surface area contributed by atoms with Crippen molar-refractivity contribution in [2.24, 2.45) is 0 Å². The molecule has 0 aliphatic heterocycles. The first-order chi connectivity index (χ1) is 10.1. The average Bonchev–Trinajstić information content (AvgIpc) is 2.48. The highest BCUT2D eigenvalue weighted by molar-refractivity contribution is 5.88. The van der Waals surface area contributed by atoms with E-state index < -0.39 is 5.97 Å². The summed E-state index contributed by atoms with van der Waals surface area (Å²) in [5.74, 6) is 0.454. The van der Waals surface area contributed by atoms with Gasteiger partial charge in [0.15, 0.2) is 0 Å². The molecule has 0 unspecified atom stereocenters. The van der Waals surface area contributed by atoms with E-state index in [1.54, 1.807) is 7.11 Å². The van der Waals surface area contributed by atoms with Gasteiger partial charge in [0.25, 0.3) is 0 Å². The number of aromatic carboxylic acids is 1. The molecular formula is C16H18N2O3. The first kappa shape index (κ1) is 15.0. The van der Waals surface area contributed by atoms with Gasteiger partial charge in [0.1, 0.15) is 11.6 Å². The van der Waals surface area contributed by atoms with Gasteiger partial charge in [0.2, 0.25) is 0 Å². The van der Waals surface area contributed by atoms with Crippen LogP contribution in [0.5, 0.6) is 5.75 Å². The van der Waals surface area contributed by atoms with E-state index in [0.717, 1.165) is 17.7 Å². The molecule has 0 amide bonds. The summed E-state index contributed by atoms with van der Waals surface area (Å²) >= 11 is 0. The quantitative estimate of drug-likeness (QED) is 0.884. The summed E-state index contributed by atoms with van der Waals surface area (Å²) in [4.78, 5) is 19.7. The van der Waals surface area contributed by atoms with E-state index in [-0.39, 0.29) is 5.56 Å². The van der Waals surface area contributed by atoms with Crippen LogP contribution in [0.2, 0.25) is 0 Å². The zero-order valence-corrected chi connectivity index (χ0v) is 12.2. The van der Waals surface area contributed by atoms with Crippen LogP contribution < -0.4 is 4.74 Å².